The highest BCUT2D eigenvalue weighted by atomic mass is 35.5. The van der Waals surface area contributed by atoms with Crippen LogP contribution in [0.25, 0.3) is 10.8 Å². The van der Waals surface area contributed by atoms with Crippen molar-refractivity contribution in [3.63, 3.8) is 0 Å². The Bertz CT molecular complexity index is 1220. The van der Waals surface area contributed by atoms with Crippen molar-refractivity contribution >= 4 is 28.3 Å². The molecule has 0 amide bonds. The number of hydrogen-bond acceptors (Lipinski definition) is 4. The van der Waals surface area contributed by atoms with Crippen molar-refractivity contribution < 1.29 is 14.3 Å². The lowest BCUT2D eigenvalue weighted by Gasteiger charge is -2.15. The van der Waals surface area contributed by atoms with Crippen molar-refractivity contribution in [2.75, 3.05) is 7.11 Å². The van der Waals surface area contributed by atoms with Crippen LogP contribution < -0.4 is 4.74 Å². The third kappa shape index (κ3) is 4.70. The third-order valence-electron chi connectivity index (χ3n) is 5.14. The van der Waals surface area contributed by atoms with Crippen LogP contribution in [0, 0.1) is 6.92 Å². The molecule has 0 saturated carbocycles. The normalized spacial score (nSPS) is 10.8. The largest absolute Gasteiger partial charge is 0.486 e. The van der Waals surface area contributed by atoms with Crippen LogP contribution in [0.15, 0.2) is 72.8 Å². The standard InChI is InChI=1S/C26H22ClNO3/c1-17-23-15-20(14-18-8-11-21(27)12-9-18)10-13-22(23)25(24(28-17)26(29)30-2)31-16-19-6-4-3-5-7-19/h3-13,15H,14,16H2,1-2H3. The third-order valence-corrected chi connectivity index (χ3v) is 5.39. The molecule has 0 fully saturated rings. The lowest BCUT2D eigenvalue weighted by molar-refractivity contribution is 0.0588. The van der Waals surface area contributed by atoms with E-state index in [2.05, 4.69) is 11.1 Å². The first-order chi connectivity index (χ1) is 15.0. The molecule has 5 heteroatoms. The Balaban J connectivity index is 1.74. The van der Waals surface area contributed by atoms with E-state index in [1.165, 1.54) is 12.7 Å². The van der Waals surface area contributed by atoms with Crippen LogP contribution >= 0.6 is 11.6 Å². The summed E-state index contributed by atoms with van der Waals surface area (Å²) in [5, 5.41) is 2.50. The number of pyridine rings is 1. The van der Waals surface area contributed by atoms with Crippen molar-refractivity contribution in [2.45, 2.75) is 20.0 Å². The summed E-state index contributed by atoms with van der Waals surface area (Å²) in [6.07, 6.45) is 0.769. The number of aromatic nitrogens is 1. The van der Waals surface area contributed by atoms with Gasteiger partial charge in [-0.2, -0.15) is 0 Å². The number of halogens is 1. The van der Waals surface area contributed by atoms with E-state index in [1.54, 1.807) is 0 Å². The Morgan fingerprint density at radius 2 is 1.61 bits per heavy atom. The van der Waals surface area contributed by atoms with E-state index in [0.717, 1.165) is 39.0 Å². The molecule has 0 bridgehead atoms. The van der Waals surface area contributed by atoms with Gasteiger partial charge in [-0.25, -0.2) is 9.78 Å². The van der Waals surface area contributed by atoms with Gasteiger partial charge in [0, 0.05) is 21.5 Å². The van der Waals surface area contributed by atoms with Crippen LogP contribution in [0.4, 0.5) is 0 Å². The lowest BCUT2D eigenvalue weighted by atomic mass is 9.99. The minimum atomic E-state index is -0.515. The summed E-state index contributed by atoms with van der Waals surface area (Å²) in [6.45, 7) is 2.22. The minimum absolute atomic E-state index is 0.189. The van der Waals surface area contributed by atoms with E-state index in [9.17, 15) is 4.79 Å². The smallest absolute Gasteiger partial charge is 0.360 e. The molecule has 31 heavy (non-hydrogen) atoms. The molecule has 0 atom stereocenters. The summed E-state index contributed by atoms with van der Waals surface area (Å²) in [7, 11) is 1.35. The van der Waals surface area contributed by atoms with Gasteiger partial charge in [-0.1, -0.05) is 66.2 Å². The zero-order valence-electron chi connectivity index (χ0n) is 17.4. The Hall–Kier alpha value is -3.37. The molecule has 0 aliphatic rings. The van der Waals surface area contributed by atoms with E-state index in [-0.39, 0.29) is 5.69 Å². The number of benzene rings is 3. The topological polar surface area (TPSA) is 48.4 Å². The lowest BCUT2D eigenvalue weighted by Crippen LogP contribution is -2.10. The van der Waals surface area contributed by atoms with Crippen LogP contribution in [0.1, 0.15) is 32.9 Å². The Morgan fingerprint density at radius 1 is 0.903 bits per heavy atom. The summed E-state index contributed by atoms with van der Waals surface area (Å²) in [6, 6.07) is 23.8. The highest BCUT2D eigenvalue weighted by Gasteiger charge is 2.20. The fourth-order valence-electron chi connectivity index (χ4n) is 3.55. The highest BCUT2D eigenvalue weighted by molar-refractivity contribution is 6.30. The van der Waals surface area contributed by atoms with Crippen molar-refractivity contribution in [1.29, 1.82) is 0 Å². The molecule has 0 spiro atoms. The molecule has 1 heterocycles. The second kappa shape index (κ2) is 9.19. The zero-order valence-corrected chi connectivity index (χ0v) is 18.1. The number of carbonyl (C=O) groups is 1. The summed E-state index contributed by atoms with van der Waals surface area (Å²) >= 11 is 6.00. The molecule has 4 aromatic rings. The number of methoxy groups -OCH3 is 1. The molecular formula is C26H22ClNO3. The van der Waals surface area contributed by atoms with Gasteiger partial charge in [0.05, 0.1) is 7.11 Å². The molecule has 4 rings (SSSR count). The minimum Gasteiger partial charge on any atom is -0.486 e. The number of esters is 1. The second-order valence-electron chi connectivity index (χ2n) is 7.32. The van der Waals surface area contributed by atoms with Crippen LogP contribution in [0.2, 0.25) is 5.02 Å². The molecule has 0 unspecified atom stereocenters. The van der Waals surface area contributed by atoms with Crippen molar-refractivity contribution in [1.82, 2.24) is 4.98 Å². The van der Waals surface area contributed by atoms with Crippen molar-refractivity contribution in [2.24, 2.45) is 0 Å². The van der Waals surface area contributed by atoms with Gasteiger partial charge < -0.3 is 9.47 Å². The monoisotopic (exact) mass is 431 g/mol. The predicted molar refractivity (Wildman–Crippen MR) is 123 cm³/mol. The van der Waals surface area contributed by atoms with Gasteiger partial charge in [-0.15, -0.1) is 0 Å². The van der Waals surface area contributed by atoms with E-state index in [1.807, 2.05) is 73.7 Å². The van der Waals surface area contributed by atoms with Crippen LogP contribution in [-0.2, 0) is 17.8 Å². The van der Waals surface area contributed by atoms with Crippen molar-refractivity contribution in [3.05, 3.63) is 106 Å². The Morgan fingerprint density at radius 3 is 2.32 bits per heavy atom. The SMILES string of the molecule is COC(=O)c1nc(C)c2cc(Cc3ccc(Cl)cc3)ccc2c1OCc1ccccc1. The number of rotatable bonds is 6. The first kappa shape index (κ1) is 20.9. The molecule has 4 nitrogen and oxygen atoms in total. The average molecular weight is 432 g/mol. The molecule has 0 aliphatic heterocycles. The number of nitrogens with zero attached hydrogens (tertiary/aromatic N) is 1. The van der Waals surface area contributed by atoms with E-state index in [4.69, 9.17) is 21.1 Å². The second-order valence-corrected chi connectivity index (χ2v) is 7.76. The van der Waals surface area contributed by atoms with Gasteiger partial charge in [-0.3, -0.25) is 0 Å². The van der Waals surface area contributed by atoms with Gasteiger partial charge >= 0.3 is 5.97 Å². The molecular weight excluding hydrogens is 410 g/mol. The van der Waals surface area contributed by atoms with E-state index >= 15 is 0 Å². The molecule has 0 radical (unpaired) electrons. The van der Waals surface area contributed by atoms with Gasteiger partial charge in [0.2, 0.25) is 0 Å². The Kier molecular flexibility index (Phi) is 6.19. The van der Waals surface area contributed by atoms with Crippen molar-refractivity contribution in [3.8, 4) is 5.75 Å². The fraction of sp³-hybridized carbons (Fsp3) is 0.154. The number of carbonyl (C=O) groups excluding carboxylic acids is 1. The maximum absolute atomic E-state index is 12.4. The maximum Gasteiger partial charge on any atom is 0.360 e. The maximum atomic E-state index is 12.4. The first-order valence-corrected chi connectivity index (χ1v) is 10.4. The summed E-state index contributed by atoms with van der Waals surface area (Å²) in [5.74, 6) is -0.0763. The number of hydrogen-bond donors (Lipinski definition) is 0. The summed E-state index contributed by atoms with van der Waals surface area (Å²) < 4.78 is 11.1. The number of aryl methyl sites for hydroxylation is 1. The number of ether oxygens (including phenoxy) is 2. The fourth-order valence-corrected chi connectivity index (χ4v) is 3.68. The van der Waals surface area contributed by atoms with E-state index in [0.29, 0.717) is 12.4 Å². The molecule has 0 N–H and O–H groups in total. The quantitative estimate of drug-likeness (QED) is 0.343. The predicted octanol–water partition coefficient (Wildman–Crippen LogP) is 6.15. The Labute approximate surface area is 186 Å². The van der Waals surface area contributed by atoms with Gasteiger partial charge in [0.25, 0.3) is 0 Å². The molecule has 0 aliphatic carbocycles. The van der Waals surface area contributed by atoms with Crippen LogP contribution in [0.5, 0.6) is 5.75 Å². The summed E-state index contributed by atoms with van der Waals surface area (Å²) in [5.41, 5.74) is 4.25. The van der Waals surface area contributed by atoms with Gasteiger partial charge in [0.1, 0.15) is 6.61 Å². The van der Waals surface area contributed by atoms with Gasteiger partial charge in [0.15, 0.2) is 11.4 Å². The summed E-state index contributed by atoms with van der Waals surface area (Å²) in [4.78, 5) is 16.9. The van der Waals surface area contributed by atoms with E-state index < -0.39 is 5.97 Å². The van der Waals surface area contributed by atoms with Crippen LogP contribution in [-0.4, -0.2) is 18.1 Å². The number of fused-ring (bicyclic) bond motifs is 1. The highest BCUT2D eigenvalue weighted by Crippen LogP contribution is 2.33. The van der Waals surface area contributed by atoms with Gasteiger partial charge in [-0.05, 0) is 48.2 Å². The molecule has 0 saturated heterocycles. The molecule has 3 aromatic carbocycles. The van der Waals surface area contributed by atoms with Crippen LogP contribution in [0.3, 0.4) is 0 Å². The molecule has 1 aromatic heterocycles. The zero-order chi connectivity index (χ0) is 21.8. The average Bonchev–Trinajstić information content (AvgIpc) is 2.80. The molecule has 156 valence electrons. The first-order valence-electron chi connectivity index (χ1n) is 9.98.